The van der Waals surface area contributed by atoms with Crippen molar-refractivity contribution in [3.63, 3.8) is 0 Å². The van der Waals surface area contributed by atoms with Crippen LogP contribution in [0.1, 0.15) is 49.0 Å². The van der Waals surface area contributed by atoms with E-state index < -0.39 is 0 Å². The number of rotatable bonds is 3. The van der Waals surface area contributed by atoms with Crippen LogP contribution in [0.3, 0.4) is 0 Å². The van der Waals surface area contributed by atoms with Gasteiger partial charge in [-0.25, -0.2) is 9.97 Å². The standard InChI is InChI=1S/C18H24N4O2/c23-16(13-4-8-19-17(20-13)22-9-1-2-10-22)21-14-12-5-11-24-15(12)18(14)6-3-7-18/h4,8,12,14-15H,1-3,5-7,9-11H2,(H,21,23). The minimum atomic E-state index is -0.0560. The highest BCUT2D eigenvalue weighted by Crippen LogP contribution is 2.62. The van der Waals surface area contributed by atoms with E-state index >= 15 is 0 Å². The first-order valence-corrected chi connectivity index (χ1v) is 9.28. The summed E-state index contributed by atoms with van der Waals surface area (Å²) in [6.45, 7) is 2.81. The van der Waals surface area contributed by atoms with Crippen molar-refractivity contribution in [2.45, 2.75) is 50.7 Å². The van der Waals surface area contributed by atoms with Crippen LogP contribution in [-0.2, 0) is 4.74 Å². The van der Waals surface area contributed by atoms with Crippen molar-refractivity contribution in [1.29, 1.82) is 0 Å². The molecule has 2 aliphatic carbocycles. The van der Waals surface area contributed by atoms with Gasteiger partial charge in [-0.2, -0.15) is 0 Å². The Morgan fingerprint density at radius 3 is 2.88 bits per heavy atom. The van der Waals surface area contributed by atoms with Gasteiger partial charge in [0.05, 0.1) is 6.10 Å². The second kappa shape index (κ2) is 5.41. The van der Waals surface area contributed by atoms with Crippen molar-refractivity contribution in [2.75, 3.05) is 24.6 Å². The van der Waals surface area contributed by atoms with E-state index in [4.69, 9.17) is 4.74 Å². The molecule has 1 amide bonds. The maximum atomic E-state index is 12.8. The molecule has 6 heteroatoms. The number of ether oxygens (including phenoxy) is 1. The third-order valence-electron chi connectivity index (χ3n) is 6.59. The maximum absolute atomic E-state index is 12.8. The summed E-state index contributed by atoms with van der Waals surface area (Å²) in [7, 11) is 0. The van der Waals surface area contributed by atoms with Crippen LogP contribution in [0.15, 0.2) is 12.3 Å². The first kappa shape index (κ1) is 14.6. The summed E-state index contributed by atoms with van der Waals surface area (Å²) < 4.78 is 5.93. The smallest absolute Gasteiger partial charge is 0.270 e. The Morgan fingerprint density at radius 2 is 2.12 bits per heavy atom. The number of hydrogen-bond donors (Lipinski definition) is 1. The molecule has 3 unspecified atom stereocenters. The number of fused-ring (bicyclic) bond motifs is 2. The molecule has 1 N–H and O–H groups in total. The highest BCUT2D eigenvalue weighted by atomic mass is 16.5. The number of carbonyl (C=O) groups is 1. The lowest BCUT2D eigenvalue weighted by atomic mass is 9.46. The van der Waals surface area contributed by atoms with Crippen LogP contribution in [-0.4, -0.2) is 47.7 Å². The highest BCUT2D eigenvalue weighted by molar-refractivity contribution is 5.92. The van der Waals surface area contributed by atoms with Gasteiger partial charge in [-0.15, -0.1) is 0 Å². The maximum Gasteiger partial charge on any atom is 0.270 e. The molecule has 1 spiro atoms. The van der Waals surface area contributed by atoms with Gasteiger partial charge < -0.3 is 15.0 Å². The zero-order chi connectivity index (χ0) is 16.1. The molecule has 1 aromatic heterocycles. The van der Waals surface area contributed by atoms with Crippen molar-refractivity contribution in [2.24, 2.45) is 11.3 Å². The minimum Gasteiger partial charge on any atom is -0.377 e. The number of nitrogens with one attached hydrogen (secondary N) is 1. The first-order chi connectivity index (χ1) is 11.8. The van der Waals surface area contributed by atoms with Crippen molar-refractivity contribution >= 4 is 11.9 Å². The van der Waals surface area contributed by atoms with Gasteiger partial charge in [0.25, 0.3) is 5.91 Å². The third kappa shape index (κ3) is 2.01. The molecule has 6 nitrogen and oxygen atoms in total. The summed E-state index contributed by atoms with van der Waals surface area (Å²) >= 11 is 0. The highest BCUT2D eigenvalue weighted by Gasteiger charge is 2.67. The second-order valence-corrected chi connectivity index (χ2v) is 7.72. The number of nitrogens with zero attached hydrogens (tertiary/aromatic N) is 3. The van der Waals surface area contributed by atoms with Crippen LogP contribution in [0, 0.1) is 11.3 Å². The van der Waals surface area contributed by atoms with Gasteiger partial charge >= 0.3 is 0 Å². The Morgan fingerprint density at radius 1 is 1.29 bits per heavy atom. The molecular weight excluding hydrogens is 304 g/mol. The molecule has 1 aromatic rings. The Balaban J connectivity index is 1.33. The topological polar surface area (TPSA) is 67.3 Å². The summed E-state index contributed by atoms with van der Waals surface area (Å²) in [5.41, 5.74) is 0.700. The fourth-order valence-corrected chi connectivity index (χ4v) is 5.22. The predicted molar refractivity (Wildman–Crippen MR) is 88.9 cm³/mol. The molecule has 3 heterocycles. The SMILES string of the molecule is O=C(NC1C2CCOC2C12CCC2)c1ccnc(N2CCCC2)n1. The number of anilines is 1. The lowest BCUT2D eigenvalue weighted by Gasteiger charge is -2.63. The van der Waals surface area contributed by atoms with E-state index in [1.54, 1.807) is 12.3 Å². The summed E-state index contributed by atoms with van der Waals surface area (Å²) in [6.07, 6.45) is 9.12. The van der Waals surface area contributed by atoms with Gasteiger partial charge in [0, 0.05) is 43.3 Å². The summed E-state index contributed by atoms with van der Waals surface area (Å²) in [5.74, 6) is 1.13. The average molecular weight is 328 g/mol. The van der Waals surface area contributed by atoms with Gasteiger partial charge in [-0.05, 0) is 38.2 Å². The van der Waals surface area contributed by atoms with E-state index in [1.807, 2.05) is 0 Å². The van der Waals surface area contributed by atoms with Crippen molar-refractivity contribution in [1.82, 2.24) is 15.3 Å². The molecule has 2 saturated carbocycles. The van der Waals surface area contributed by atoms with E-state index in [0.717, 1.165) is 26.1 Å². The van der Waals surface area contributed by atoms with E-state index in [0.29, 0.717) is 23.7 Å². The number of aromatic nitrogens is 2. The number of carbonyl (C=O) groups excluding carboxylic acids is 1. The first-order valence-electron chi connectivity index (χ1n) is 9.28. The largest absolute Gasteiger partial charge is 0.377 e. The van der Waals surface area contributed by atoms with Gasteiger partial charge in [0.2, 0.25) is 5.95 Å². The van der Waals surface area contributed by atoms with Crippen LogP contribution in [0.5, 0.6) is 0 Å². The van der Waals surface area contributed by atoms with E-state index in [9.17, 15) is 4.79 Å². The third-order valence-corrected chi connectivity index (χ3v) is 6.59. The van der Waals surface area contributed by atoms with Gasteiger partial charge in [-0.1, -0.05) is 6.42 Å². The molecule has 2 saturated heterocycles. The van der Waals surface area contributed by atoms with Crippen LogP contribution in [0.2, 0.25) is 0 Å². The van der Waals surface area contributed by atoms with Crippen LogP contribution >= 0.6 is 0 Å². The Bertz CT molecular complexity index is 654. The minimum absolute atomic E-state index is 0.0560. The molecule has 4 fully saturated rings. The molecule has 24 heavy (non-hydrogen) atoms. The molecule has 0 bridgehead atoms. The van der Waals surface area contributed by atoms with Gasteiger partial charge in [-0.3, -0.25) is 4.79 Å². The van der Waals surface area contributed by atoms with Gasteiger partial charge in [0.15, 0.2) is 0 Å². The van der Waals surface area contributed by atoms with E-state index in [-0.39, 0.29) is 17.4 Å². The van der Waals surface area contributed by atoms with Crippen LogP contribution in [0.4, 0.5) is 5.95 Å². The molecule has 0 aromatic carbocycles. The quantitative estimate of drug-likeness (QED) is 0.916. The molecule has 5 rings (SSSR count). The lowest BCUT2D eigenvalue weighted by Crippen LogP contribution is -2.71. The van der Waals surface area contributed by atoms with E-state index in [1.165, 1.54) is 32.1 Å². The predicted octanol–water partition coefficient (Wildman–Crippen LogP) is 1.76. The Hall–Kier alpha value is -1.69. The number of hydrogen-bond acceptors (Lipinski definition) is 5. The molecule has 2 aliphatic heterocycles. The van der Waals surface area contributed by atoms with Crippen molar-refractivity contribution in [3.05, 3.63) is 18.0 Å². The monoisotopic (exact) mass is 328 g/mol. The zero-order valence-corrected chi connectivity index (χ0v) is 13.9. The summed E-state index contributed by atoms with van der Waals surface area (Å²) in [4.78, 5) is 23.8. The summed E-state index contributed by atoms with van der Waals surface area (Å²) in [6, 6.07) is 1.99. The lowest BCUT2D eigenvalue weighted by molar-refractivity contribution is -0.172. The van der Waals surface area contributed by atoms with Gasteiger partial charge in [0.1, 0.15) is 5.69 Å². The molecule has 4 aliphatic rings. The molecule has 128 valence electrons. The van der Waals surface area contributed by atoms with Crippen molar-refractivity contribution in [3.8, 4) is 0 Å². The molecular formula is C18H24N4O2. The van der Waals surface area contributed by atoms with Crippen LogP contribution < -0.4 is 10.2 Å². The van der Waals surface area contributed by atoms with Crippen molar-refractivity contribution < 1.29 is 9.53 Å². The van der Waals surface area contributed by atoms with E-state index in [2.05, 4.69) is 20.2 Å². The normalized spacial score (nSPS) is 33.0. The zero-order valence-electron chi connectivity index (χ0n) is 13.9. The fourth-order valence-electron chi connectivity index (χ4n) is 5.22. The molecule has 3 atom stereocenters. The van der Waals surface area contributed by atoms with Crippen LogP contribution in [0.25, 0.3) is 0 Å². The average Bonchev–Trinajstić information content (AvgIpc) is 3.22. The molecule has 0 radical (unpaired) electrons. The summed E-state index contributed by atoms with van der Waals surface area (Å²) in [5, 5.41) is 3.29. The fraction of sp³-hybridized carbons (Fsp3) is 0.722. The number of amides is 1. The second-order valence-electron chi connectivity index (χ2n) is 7.72. The Labute approximate surface area is 142 Å². The Kier molecular flexibility index (Phi) is 3.30.